The molecule has 1 heterocycles. The van der Waals surface area contributed by atoms with Gasteiger partial charge in [-0.05, 0) is 36.4 Å². The molecule has 0 saturated heterocycles. The van der Waals surface area contributed by atoms with Gasteiger partial charge in [-0.3, -0.25) is 9.59 Å². The molecule has 0 aliphatic rings. The van der Waals surface area contributed by atoms with Crippen molar-refractivity contribution in [3.8, 4) is 0 Å². The van der Waals surface area contributed by atoms with Gasteiger partial charge in [-0.1, -0.05) is 19.1 Å². The minimum Gasteiger partial charge on any atom is -0.336 e. The average Bonchev–Trinajstić information content (AvgIpc) is 2.57. The van der Waals surface area contributed by atoms with Crippen molar-refractivity contribution in [2.24, 2.45) is 0 Å². The van der Waals surface area contributed by atoms with Crippen LogP contribution >= 0.6 is 11.8 Å². The van der Waals surface area contributed by atoms with E-state index in [2.05, 4.69) is 5.10 Å². The van der Waals surface area contributed by atoms with E-state index < -0.39 is 0 Å². The summed E-state index contributed by atoms with van der Waals surface area (Å²) in [5, 5.41) is 4.16. The van der Waals surface area contributed by atoms with Crippen LogP contribution in [0.4, 0.5) is 0 Å². The Hall–Kier alpha value is -2.08. The third kappa shape index (κ3) is 4.45. The first kappa shape index (κ1) is 17.3. The number of carbonyl (C=O) groups is 1. The number of rotatable bonds is 6. The first-order valence-corrected chi connectivity index (χ1v) is 8.74. The van der Waals surface area contributed by atoms with Crippen LogP contribution in [0.2, 0.25) is 0 Å². The monoisotopic (exact) mass is 331 g/mol. The Kier molecular flexibility index (Phi) is 5.98. The fourth-order valence-electron chi connectivity index (χ4n) is 2.21. The van der Waals surface area contributed by atoms with E-state index in [-0.39, 0.29) is 11.5 Å². The van der Waals surface area contributed by atoms with Crippen molar-refractivity contribution in [1.82, 2.24) is 14.7 Å². The number of hydrogen-bond acceptors (Lipinski definition) is 4. The summed E-state index contributed by atoms with van der Waals surface area (Å²) in [6.07, 6.45) is 2.82. The first-order valence-electron chi connectivity index (χ1n) is 7.51. The van der Waals surface area contributed by atoms with Gasteiger partial charge in [-0.25, -0.2) is 4.68 Å². The van der Waals surface area contributed by atoms with E-state index >= 15 is 0 Å². The van der Waals surface area contributed by atoms with Gasteiger partial charge in [0.2, 0.25) is 0 Å². The molecule has 1 aromatic heterocycles. The average molecular weight is 331 g/mol. The molecule has 122 valence electrons. The van der Waals surface area contributed by atoms with Crippen molar-refractivity contribution in [2.45, 2.75) is 31.3 Å². The van der Waals surface area contributed by atoms with Crippen LogP contribution in [0.3, 0.4) is 0 Å². The molecule has 2 aromatic rings. The highest BCUT2D eigenvalue weighted by Gasteiger charge is 2.15. The number of thioether (sulfide) groups is 1. The normalized spacial score (nSPS) is 10.6. The second-order valence-electron chi connectivity index (χ2n) is 5.29. The van der Waals surface area contributed by atoms with Crippen LogP contribution in [0.1, 0.15) is 29.4 Å². The zero-order valence-electron chi connectivity index (χ0n) is 13.7. The number of carbonyl (C=O) groups excluding carboxylic acids is 1. The van der Waals surface area contributed by atoms with Crippen molar-refractivity contribution in [3.05, 3.63) is 58.0 Å². The number of aryl methyl sites for hydroxylation is 1. The second kappa shape index (κ2) is 7.97. The highest BCUT2D eigenvalue weighted by molar-refractivity contribution is 7.98. The molecule has 0 N–H and O–H groups in total. The summed E-state index contributed by atoms with van der Waals surface area (Å²) in [6.45, 7) is 2.98. The lowest BCUT2D eigenvalue weighted by Gasteiger charge is -2.17. The Bertz CT molecular complexity index is 725. The van der Waals surface area contributed by atoms with Gasteiger partial charge in [0.05, 0.1) is 0 Å². The molecule has 1 amide bonds. The van der Waals surface area contributed by atoms with Gasteiger partial charge in [-0.15, -0.1) is 11.8 Å². The molecule has 2 rings (SSSR count). The van der Waals surface area contributed by atoms with Gasteiger partial charge in [0, 0.05) is 31.1 Å². The fraction of sp³-hybridized carbons (Fsp3) is 0.353. The van der Waals surface area contributed by atoms with Crippen LogP contribution in [0.15, 0.2) is 46.1 Å². The Morgan fingerprint density at radius 2 is 1.91 bits per heavy atom. The zero-order chi connectivity index (χ0) is 16.8. The quantitative estimate of drug-likeness (QED) is 0.764. The van der Waals surface area contributed by atoms with Crippen LogP contribution in [0, 0.1) is 0 Å². The molecule has 23 heavy (non-hydrogen) atoms. The van der Waals surface area contributed by atoms with Crippen LogP contribution < -0.4 is 5.56 Å². The maximum atomic E-state index is 12.5. The van der Waals surface area contributed by atoms with Gasteiger partial charge in [-0.2, -0.15) is 5.10 Å². The lowest BCUT2D eigenvalue weighted by Crippen LogP contribution is -2.31. The van der Waals surface area contributed by atoms with Crippen LogP contribution in [-0.4, -0.2) is 33.9 Å². The van der Waals surface area contributed by atoms with E-state index in [1.165, 1.54) is 21.7 Å². The largest absolute Gasteiger partial charge is 0.336 e. The van der Waals surface area contributed by atoms with Gasteiger partial charge in [0.15, 0.2) is 0 Å². The number of amides is 1. The van der Waals surface area contributed by atoms with Crippen LogP contribution in [0.5, 0.6) is 0 Å². The Morgan fingerprint density at radius 1 is 1.22 bits per heavy atom. The van der Waals surface area contributed by atoms with Crippen molar-refractivity contribution in [1.29, 1.82) is 0 Å². The SMILES string of the molecule is CCCn1nc(C(=O)N(C)Cc2ccc(SC)cc2)ccc1=O. The molecular weight excluding hydrogens is 310 g/mol. The number of hydrogen-bond donors (Lipinski definition) is 0. The predicted molar refractivity (Wildman–Crippen MR) is 92.8 cm³/mol. The molecule has 6 heteroatoms. The molecule has 0 unspecified atom stereocenters. The van der Waals surface area contributed by atoms with Crippen molar-refractivity contribution < 1.29 is 4.79 Å². The number of nitrogens with zero attached hydrogens (tertiary/aromatic N) is 3. The summed E-state index contributed by atoms with van der Waals surface area (Å²) in [6, 6.07) is 11.0. The first-order chi connectivity index (χ1) is 11.0. The Balaban J connectivity index is 2.12. The van der Waals surface area contributed by atoms with Crippen molar-refractivity contribution in [3.63, 3.8) is 0 Å². The van der Waals surface area contributed by atoms with Crippen LogP contribution in [0.25, 0.3) is 0 Å². The number of aromatic nitrogens is 2. The molecule has 5 nitrogen and oxygen atoms in total. The van der Waals surface area contributed by atoms with Crippen molar-refractivity contribution >= 4 is 17.7 Å². The molecule has 1 aromatic carbocycles. The highest BCUT2D eigenvalue weighted by atomic mass is 32.2. The topological polar surface area (TPSA) is 55.2 Å². The minimum absolute atomic E-state index is 0.182. The summed E-state index contributed by atoms with van der Waals surface area (Å²) in [5.41, 5.74) is 1.17. The fourth-order valence-corrected chi connectivity index (χ4v) is 2.62. The Morgan fingerprint density at radius 3 is 2.52 bits per heavy atom. The van der Waals surface area contributed by atoms with Crippen LogP contribution in [-0.2, 0) is 13.1 Å². The predicted octanol–water partition coefficient (Wildman–Crippen LogP) is 2.65. The van der Waals surface area contributed by atoms with E-state index in [4.69, 9.17) is 0 Å². The summed E-state index contributed by atoms with van der Waals surface area (Å²) in [7, 11) is 1.74. The maximum Gasteiger partial charge on any atom is 0.274 e. The van der Waals surface area contributed by atoms with E-state index in [9.17, 15) is 9.59 Å². The third-order valence-electron chi connectivity index (χ3n) is 3.45. The third-order valence-corrected chi connectivity index (χ3v) is 4.19. The van der Waals surface area contributed by atoms with Gasteiger partial charge >= 0.3 is 0 Å². The van der Waals surface area contributed by atoms with E-state index in [0.29, 0.717) is 18.8 Å². The standard InChI is InChI=1S/C17H21N3O2S/c1-4-11-20-16(21)10-9-15(18-20)17(22)19(2)12-13-5-7-14(23-3)8-6-13/h5-10H,4,11-12H2,1-3H3. The minimum atomic E-state index is -0.191. The summed E-state index contributed by atoms with van der Waals surface area (Å²) < 4.78 is 1.34. The van der Waals surface area contributed by atoms with Gasteiger partial charge < -0.3 is 4.90 Å². The molecular formula is C17H21N3O2S. The summed E-state index contributed by atoms with van der Waals surface area (Å²) in [5.74, 6) is -0.191. The highest BCUT2D eigenvalue weighted by Crippen LogP contribution is 2.16. The molecule has 0 spiro atoms. The Labute approximate surface area is 140 Å². The lowest BCUT2D eigenvalue weighted by atomic mass is 10.2. The molecule has 0 aliphatic heterocycles. The molecule has 0 atom stereocenters. The summed E-state index contributed by atoms with van der Waals surface area (Å²) >= 11 is 1.68. The van der Waals surface area contributed by atoms with Gasteiger partial charge in [0.1, 0.15) is 5.69 Å². The van der Waals surface area contributed by atoms with Crippen molar-refractivity contribution in [2.75, 3.05) is 13.3 Å². The van der Waals surface area contributed by atoms with E-state index in [0.717, 1.165) is 12.0 Å². The second-order valence-corrected chi connectivity index (χ2v) is 6.17. The zero-order valence-corrected chi connectivity index (χ0v) is 14.5. The molecule has 0 aliphatic carbocycles. The van der Waals surface area contributed by atoms with E-state index in [1.807, 2.05) is 37.4 Å². The smallest absolute Gasteiger partial charge is 0.274 e. The lowest BCUT2D eigenvalue weighted by molar-refractivity contribution is 0.0776. The molecule has 0 radical (unpaired) electrons. The van der Waals surface area contributed by atoms with Gasteiger partial charge in [0.25, 0.3) is 11.5 Å². The molecule has 0 bridgehead atoms. The van der Waals surface area contributed by atoms with E-state index in [1.54, 1.807) is 23.7 Å². The number of benzene rings is 1. The summed E-state index contributed by atoms with van der Waals surface area (Å²) in [4.78, 5) is 27.0. The maximum absolute atomic E-state index is 12.5. The molecule has 0 fully saturated rings. The molecule has 0 saturated carbocycles.